The minimum Gasteiger partial charge on any atom is -0.350 e. The summed E-state index contributed by atoms with van der Waals surface area (Å²) in [4.78, 5) is 31.0. The maximum Gasteiger partial charge on any atom is 0.247 e. The molecule has 4 rings (SSSR count). The van der Waals surface area contributed by atoms with Crippen molar-refractivity contribution in [2.75, 3.05) is 0 Å². The molecule has 33 heavy (non-hydrogen) atoms. The highest BCUT2D eigenvalue weighted by atomic mass is 32.1. The molecule has 0 aliphatic heterocycles. The molecule has 0 bridgehead atoms. The number of carbonyl (C=O) groups is 2. The Morgan fingerprint density at radius 1 is 0.848 bits per heavy atom. The average molecular weight is 475 g/mol. The van der Waals surface area contributed by atoms with Crippen molar-refractivity contribution >= 4 is 34.5 Å². The van der Waals surface area contributed by atoms with Crippen molar-refractivity contribution in [3.8, 4) is 0 Å². The van der Waals surface area contributed by atoms with Gasteiger partial charge in [-0.2, -0.15) is 0 Å². The Hall–Kier alpha value is -3.22. The van der Waals surface area contributed by atoms with Gasteiger partial charge in [-0.25, -0.2) is 0 Å². The normalized spacial score (nSPS) is 11.7. The number of benzene rings is 2. The number of hydrogen-bond donors (Lipinski definition) is 1. The third-order valence-electron chi connectivity index (χ3n) is 5.48. The van der Waals surface area contributed by atoms with Crippen LogP contribution in [0.4, 0.5) is 0 Å². The number of amides is 2. The minimum absolute atomic E-state index is 0.0611. The van der Waals surface area contributed by atoms with Gasteiger partial charge in [0.2, 0.25) is 11.8 Å². The molecule has 1 N–H and O–H groups in total. The second-order valence-corrected chi connectivity index (χ2v) is 9.88. The molecule has 0 saturated heterocycles. The summed E-state index contributed by atoms with van der Waals surface area (Å²) < 4.78 is 0. The van der Waals surface area contributed by atoms with Crippen molar-refractivity contribution in [2.24, 2.45) is 0 Å². The molecule has 1 atom stereocenters. The number of rotatable bonds is 9. The predicted octanol–water partition coefficient (Wildman–Crippen LogP) is 5.75. The lowest BCUT2D eigenvalue weighted by Gasteiger charge is -2.32. The van der Waals surface area contributed by atoms with E-state index in [1.165, 1.54) is 0 Å². The molecule has 0 aliphatic rings. The fraction of sp³-hybridized carbons (Fsp3) is 0.185. The zero-order valence-corrected chi connectivity index (χ0v) is 20.1. The quantitative estimate of drug-likeness (QED) is 0.336. The van der Waals surface area contributed by atoms with Gasteiger partial charge in [-0.3, -0.25) is 9.59 Å². The highest BCUT2D eigenvalue weighted by Gasteiger charge is 2.32. The molecule has 2 amide bonds. The van der Waals surface area contributed by atoms with Crippen molar-refractivity contribution in [1.82, 2.24) is 10.2 Å². The van der Waals surface area contributed by atoms with Gasteiger partial charge in [0, 0.05) is 16.3 Å². The maximum atomic E-state index is 13.6. The van der Waals surface area contributed by atoms with Gasteiger partial charge in [-0.05, 0) is 46.5 Å². The third kappa shape index (κ3) is 5.97. The second kappa shape index (κ2) is 11.1. The van der Waals surface area contributed by atoms with E-state index in [2.05, 4.69) is 5.32 Å². The van der Waals surface area contributed by atoms with E-state index in [-0.39, 0.29) is 18.2 Å². The first-order valence-corrected chi connectivity index (χ1v) is 12.6. The average Bonchev–Trinajstić information content (AvgIpc) is 3.53. The van der Waals surface area contributed by atoms with E-state index in [9.17, 15) is 9.59 Å². The Balaban J connectivity index is 1.67. The molecule has 2 aromatic heterocycles. The van der Waals surface area contributed by atoms with Crippen LogP contribution in [-0.4, -0.2) is 16.7 Å². The number of aryl methyl sites for hydroxylation is 1. The molecule has 0 spiro atoms. The largest absolute Gasteiger partial charge is 0.350 e. The lowest BCUT2D eigenvalue weighted by Crippen LogP contribution is -2.44. The van der Waals surface area contributed by atoms with Crippen molar-refractivity contribution in [3.63, 3.8) is 0 Å². The summed E-state index contributed by atoms with van der Waals surface area (Å²) in [6.45, 7) is 2.79. The van der Waals surface area contributed by atoms with Gasteiger partial charge in [-0.1, -0.05) is 66.7 Å². The monoisotopic (exact) mass is 474 g/mol. The molecule has 0 unspecified atom stereocenters. The van der Waals surface area contributed by atoms with Gasteiger partial charge in [0.25, 0.3) is 0 Å². The summed E-state index contributed by atoms with van der Waals surface area (Å²) in [6.07, 6.45) is 0.275. The number of carbonyl (C=O) groups excluding carboxylic acids is 2. The smallest absolute Gasteiger partial charge is 0.247 e. The van der Waals surface area contributed by atoms with Crippen LogP contribution in [0.25, 0.3) is 0 Å². The fourth-order valence-electron chi connectivity index (χ4n) is 3.78. The molecule has 2 heterocycles. The second-order valence-electron chi connectivity index (χ2n) is 7.82. The topological polar surface area (TPSA) is 49.4 Å². The van der Waals surface area contributed by atoms with Crippen LogP contribution in [0.15, 0.2) is 89.6 Å². The van der Waals surface area contributed by atoms with Crippen molar-refractivity contribution < 1.29 is 9.59 Å². The van der Waals surface area contributed by atoms with Crippen molar-refractivity contribution in [1.29, 1.82) is 0 Å². The molecule has 0 saturated carbocycles. The Morgan fingerprint density at radius 2 is 1.52 bits per heavy atom. The molecule has 6 heteroatoms. The Labute approximate surface area is 202 Å². The van der Waals surface area contributed by atoms with E-state index in [1.807, 2.05) is 96.5 Å². The van der Waals surface area contributed by atoms with Crippen LogP contribution >= 0.6 is 22.7 Å². The molecule has 4 nitrogen and oxygen atoms in total. The summed E-state index contributed by atoms with van der Waals surface area (Å²) in [5, 5.41) is 7.04. The van der Waals surface area contributed by atoms with Crippen LogP contribution in [0.5, 0.6) is 0 Å². The summed E-state index contributed by atoms with van der Waals surface area (Å²) >= 11 is 3.15. The van der Waals surface area contributed by atoms with Gasteiger partial charge in [0.15, 0.2) is 0 Å². The van der Waals surface area contributed by atoms with Crippen molar-refractivity contribution in [2.45, 2.75) is 32.5 Å². The summed E-state index contributed by atoms with van der Waals surface area (Å²) in [6, 6.07) is 24.8. The van der Waals surface area contributed by atoms with Crippen LogP contribution in [0.1, 0.15) is 32.5 Å². The van der Waals surface area contributed by atoms with Gasteiger partial charge in [0.05, 0.1) is 13.0 Å². The Bertz CT molecular complexity index is 1170. The maximum absolute atomic E-state index is 13.6. The number of hydrogen-bond acceptors (Lipinski definition) is 4. The Morgan fingerprint density at radius 3 is 2.18 bits per heavy atom. The van der Waals surface area contributed by atoms with Crippen LogP contribution in [0.3, 0.4) is 0 Å². The Kier molecular flexibility index (Phi) is 7.70. The lowest BCUT2D eigenvalue weighted by molar-refractivity contribution is -0.141. The number of thiophene rings is 2. The summed E-state index contributed by atoms with van der Waals surface area (Å²) in [5.41, 5.74) is 2.85. The first kappa shape index (κ1) is 23.0. The summed E-state index contributed by atoms with van der Waals surface area (Å²) in [7, 11) is 0. The van der Waals surface area contributed by atoms with Gasteiger partial charge in [0.1, 0.15) is 6.04 Å². The standard InChI is InChI=1S/C27H26N2O2S2/c1-20-9-5-6-14-24(20)26(27(31)28-18-21-10-3-2-4-11-21)29(19-23-13-8-16-33-23)25(30)17-22-12-7-15-32-22/h2-16,26H,17-19H2,1H3,(H,28,31)/t26-/m1/s1. The molecule has 4 aromatic rings. The third-order valence-corrected chi connectivity index (χ3v) is 7.22. The van der Waals surface area contributed by atoms with Crippen molar-refractivity contribution in [3.05, 3.63) is 116 Å². The minimum atomic E-state index is -0.718. The van der Waals surface area contributed by atoms with E-state index in [0.29, 0.717) is 13.1 Å². The van der Waals surface area contributed by atoms with Crippen LogP contribution in [0.2, 0.25) is 0 Å². The fourth-order valence-corrected chi connectivity index (χ4v) is 5.18. The zero-order valence-electron chi connectivity index (χ0n) is 18.4. The first-order valence-electron chi connectivity index (χ1n) is 10.8. The van der Waals surface area contributed by atoms with Gasteiger partial charge >= 0.3 is 0 Å². The lowest BCUT2D eigenvalue weighted by atomic mass is 9.98. The molecule has 0 aliphatic carbocycles. The molecular formula is C27H26N2O2S2. The van der Waals surface area contributed by atoms with E-state index in [4.69, 9.17) is 0 Å². The number of nitrogens with zero attached hydrogens (tertiary/aromatic N) is 1. The molecule has 168 valence electrons. The van der Waals surface area contributed by atoms with Crippen LogP contribution in [-0.2, 0) is 29.1 Å². The highest BCUT2D eigenvalue weighted by Crippen LogP contribution is 2.28. The SMILES string of the molecule is Cc1ccccc1[C@H](C(=O)NCc1ccccc1)N(Cc1cccs1)C(=O)Cc1cccs1. The first-order chi connectivity index (χ1) is 16.1. The highest BCUT2D eigenvalue weighted by molar-refractivity contribution is 7.10. The number of nitrogens with one attached hydrogen (secondary N) is 1. The molecule has 2 aromatic carbocycles. The van der Waals surface area contributed by atoms with E-state index < -0.39 is 6.04 Å². The molecule has 0 fully saturated rings. The van der Waals surface area contributed by atoms with E-state index in [1.54, 1.807) is 27.6 Å². The zero-order chi connectivity index (χ0) is 23.0. The molecular weight excluding hydrogens is 448 g/mol. The van der Waals surface area contributed by atoms with Gasteiger partial charge in [-0.15, -0.1) is 22.7 Å². The van der Waals surface area contributed by atoms with Gasteiger partial charge < -0.3 is 10.2 Å². The summed E-state index contributed by atoms with van der Waals surface area (Å²) in [5.74, 6) is -0.238. The van der Waals surface area contributed by atoms with E-state index in [0.717, 1.165) is 26.4 Å². The van der Waals surface area contributed by atoms with Crippen LogP contribution in [0, 0.1) is 6.92 Å². The van der Waals surface area contributed by atoms with E-state index >= 15 is 0 Å². The predicted molar refractivity (Wildman–Crippen MR) is 135 cm³/mol. The molecule has 0 radical (unpaired) electrons. The van der Waals surface area contributed by atoms with Crippen LogP contribution < -0.4 is 5.32 Å².